The number of halogens is 1. The summed E-state index contributed by atoms with van der Waals surface area (Å²) >= 11 is 6.06. The minimum Gasteiger partial charge on any atom is -0.336 e. The van der Waals surface area contributed by atoms with Crippen LogP contribution in [0.3, 0.4) is 0 Å². The second-order valence-electron chi connectivity index (χ2n) is 3.05. The van der Waals surface area contributed by atoms with E-state index in [-0.39, 0.29) is 0 Å². The molecule has 0 aliphatic heterocycles. The molecule has 15 heavy (non-hydrogen) atoms. The van der Waals surface area contributed by atoms with Crippen LogP contribution in [0.5, 0.6) is 0 Å². The van der Waals surface area contributed by atoms with E-state index in [0.717, 1.165) is 11.3 Å². The smallest absolute Gasteiger partial charge is 0.250 e. The van der Waals surface area contributed by atoms with E-state index in [2.05, 4.69) is 15.1 Å². The highest BCUT2D eigenvalue weighted by Gasteiger charge is 2.17. The molecule has 0 bridgehead atoms. The van der Waals surface area contributed by atoms with Crippen molar-refractivity contribution in [3.8, 4) is 0 Å². The normalized spacial score (nSPS) is 10.3. The molecule has 0 amide bonds. The van der Waals surface area contributed by atoms with Crippen LogP contribution in [0.1, 0.15) is 11.3 Å². The summed E-state index contributed by atoms with van der Waals surface area (Å²) in [4.78, 5) is 7.81. The minimum absolute atomic E-state index is 0.480. The van der Waals surface area contributed by atoms with Gasteiger partial charge in [-0.2, -0.15) is 0 Å². The minimum atomic E-state index is 0.480. The molecule has 0 atom stereocenters. The molecule has 0 aliphatic rings. The predicted molar refractivity (Wildman–Crippen MR) is 56.0 cm³/mol. The first-order valence-corrected chi connectivity index (χ1v) is 4.68. The fourth-order valence-corrected chi connectivity index (χ4v) is 1.35. The van der Waals surface area contributed by atoms with E-state index in [1.165, 1.54) is 10.7 Å². The number of hydrogen-bond acceptors (Lipinski definition) is 5. The summed E-state index contributed by atoms with van der Waals surface area (Å²) in [6.45, 7) is 3.74. The summed E-state index contributed by atoms with van der Waals surface area (Å²) in [6, 6.07) is 1.68. The molecule has 6 heteroatoms. The Balaban J connectivity index is 2.37. The standard InChI is InChI=1S/C9H9ClN4O/c1-6-7(2)13-15-9(6)14(10)8-3-4-11-5-12-8/h3-5H,1-2H3. The molecular formula is C9H9ClN4O. The molecule has 2 rings (SSSR count). The summed E-state index contributed by atoms with van der Waals surface area (Å²) < 4.78 is 6.41. The largest absolute Gasteiger partial charge is 0.336 e. The van der Waals surface area contributed by atoms with Crippen LogP contribution in [0.25, 0.3) is 0 Å². The zero-order chi connectivity index (χ0) is 10.8. The predicted octanol–water partition coefficient (Wildman–Crippen LogP) is 2.37. The third-order valence-electron chi connectivity index (χ3n) is 2.08. The summed E-state index contributed by atoms with van der Waals surface area (Å²) in [5.74, 6) is 1.03. The highest BCUT2D eigenvalue weighted by Crippen LogP contribution is 2.29. The second kappa shape index (κ2) is 3.86. The van der Waals surface area contributed by atoms with Gasteiger partial charge in [0.05, 0.1) is 5.69 Å². The molecule has 78 valence electrons. The maximum atomic E-state index is 6.06. The molecule has 0 saturated carbocycles. The molecule has 0 spiro atoms. The first-order valence-electron chi connectivity index (χ1n) is 4.35. The van der Waals surface area contributed by atoms with E-state index in [0.29, 0.717) is 11.7 Å². The van der Waals surface area contributed by atoms with Crippen molar-refractivity contribution in [2.24, 2.45) is 0 Å². The maximum Gasteiger partial charge on any atom is 0.250 e. The lowest BCUT2D eigenvalue weighted by molar-refractivity contribution is 0.425. The fraction of sp³-hybridized carbons (Fsp3) is 0.222. The van der Waals surface area contributed by atoms with Gasteiger partial charge in [0.25, 0.3) is 5.88 Å². The van der Waals surface area contributed by atoms with Gasteiger partial charge >= 0.3 is 0 Å². The van der Waals surface area contributed by atoms with Gasteiger partial charge in [-0.25, -0.2) is 14.4 Å². The molecule has 0 aromatic carbocycles. The van der Waals surface area contributed by atoms with Gasteiger partial charge < -0.3 is 4.52 Å². The van der Waals surface area contributed by atoms with E-state index in [1.807, 2.05) is 13.8 Å². The Morgan fingerprint density at radius 3 is 2.73 bits per heavy atom. The zero-order valence-corrected chi connectivity index (χ0v) is 9.06. The van der Waals surface area contributed by atoms with Gasteiger partial charge in [-0.15, -0.1) is 0 Å². The van der Waals surface area contributed by atoms with E-state index >= 15 is 0 Å². The van der Waals surface area contributed by atoms with Crippen molar-refractivity contribution in [3.05, 3.63) is 29.8 Å². The van der Waals surface area contributed by atoms with Crippen LogP contribution >= 0.6 is 11.8 Å². The van der Waals surface area contributed by atoms with Crippen molar-refractivity contribution in [1.29, 1.82) is 0 Å². The number of aromatic nitrogens is 3. The molecule has 0 aliphatic carbocycles. The van der Waals surface area contributed by atoms with Crippen LogP contribution in [0.4, 0.5) is 11.7 Å². The lowest BCUT2D eigenvalue weighted by Gasteiger charge is -2.10. The summed E-state index contributed by atoms with van der Waals surface area (Å²) in [6.07, 6.45) is 3.03. The van der Waals surface area contributed by atoms with Crippen LogP contribution in [-0.2, 0) is 0 Å². The number of nitrogens with zero attached hydrogens (tertiary/aromatic N) is 4. The molecule has 2 aromatic rings. The Labute approximate surface area is 91.8 Å². The van der Waals surface area contributed by atoms with Crippen LogP contribution in [-0.4, -0.2) is 15.1 Å². The Kier molecular flexibility index (Phi) is 2.55. The highest BCUT2D eigenvalue weighted by atomic mass is 35.5. The van der Waals surface area contributed by atoms with Gasteiger partial charge in [-0.1, -0.05) is 5.16 Å². The van der Waals surface area contributed by atoms with E-state index in [1.54, 1.807) is 12.3 Å². The molecule has 0 radical (unpaired) electrons. The van der Waals surface area contributed by atoms with E-state index in [9.17, 15) is 0 Å². The Bertz CT molecular complexity index is 456. The molecule has 0 saturated heterocycles. The van der Waals surface area contributed by atoms with Crippen molar-refractivity contribution in [2.75, 3.05) is 4.42 Å². The van der Waals surface area contributed by atoms with E-state index in [4.69, 9.17) is 16.3 Å². The van der Waals surface area contributed by atoms with Gasteiger partial charge in [0, 0.05) is 29.6 Å². The average Bonchev–Trinajstić information content (AvgIpc) is 2.60. The molecule has 2 heterocycles. The van der Waals surface area contributed by atoms with Crippen molar-refractivity contribution < 1.29 is 4.52 Å². The third kappa shape index (κ3) is 1.78. The third-order valence-corrected chi connectivity index (χ3v) is 2.41. The highest BCUT2D eigenvalue weighted by molar-refractivity contribution is 6.28. The van der Waals surface area contributed by atoms with Gasteiger partial charge in [-0.3, -0.25) is 0 Å². The Morgan fingerprint density at radius 1 is 1.40 bits per heavy atom. The number of aryl methyl sites for hydroxylation is 1. The van der Waals surface area contributed by atoms with Crippen LogP contribution < -0.4 is 4.42 Å². The van der Waals surface area contributed by atoms with Crippen LogP contribution in [0.2, 0.25) is 0 Å². The molecular weight excluding hydrogens is 216 g/mol. The van der Waals surface area contributed by atoms with Crippen LogP contribution in [0, 0.1) is 13.8 Å². The maximum absolute atomic E-state index is 6.06. The molecule has 0 N–H and O–H groups in total. The second-order valence-corrected chi connectivity index (χ2v) is 3.38. The van der Waals surface area contributed by atoms with Gasteiger partial charge in [0.1, 0.15) is 6.33 Å². The van der Waals surface area contributed by atoms with E-state index < -0.39 is 0 Å². The van der Waals surface area contributed by atoms with Crippen molar-refractivity contribution >= 4 is 23.5 Å². The SMILES string of the molecule is Cc1noc(N(Cl)c2ccncn2)c1C. The molecule has 0 unspecified atom stereocenters. The van der Waals surface area contributed by atoms with Gasteiger partial charge in [0.15, 0.2) is 5.82 Å². The molecule has 5 nitrogen and oxygen atoms in total. The Morgan fingerprint density at radius 2 is 2.20 bits per heavy atom. The van der Waals surface area contributed by atoms with Gasteiger partial charge in [0.2, 0.25) is 0 Å². The summed E-state index contributed by atoms with van der Waals surface area (Å²) in [5.41, 5.74) is 1.70. The Hall–Kier alpha value is -1.62. The lowest BCUT2D eigenvalue weighted by atomic mass is 10.3. The quantitative estimate of drug-likeness (QED) is 0.733. The van der Waals surface area contributed by atoms with Crippen molar-refractivity contribution in [1.82, 2.24) is 15.1 Å². The summed E-state index contributed by atoms with van der Waals surface area (Å²) in [5, 5.41) is 3.82. The monoisotopic (exact) mass is 224 g/mol. The zero-order valence-electron chi connectivity index (χ0n) is 8.31. The lowest BCUT2D eigenvalue weighted by Crippen LogP contribution is -2.04. The number of anilines is 2. The summed E-state index contributed by atoms with van der Waals surface area (Å²) in [7, 11) is 0. The first kappa shape index (κ1) is 9.92. The molecule has 2 aromatic heterocycles. The van der Waals surface area contributed by atoms with Crippen LogP contribution in [0.15, 0.2) is 23.1 Å². The van der Waals surface area contributed by atoms with Gasteiger partial charge in [-0.05, 0) is 13.8 Å². The number of rotatable bonds is 2. The van der Waals surface area contributed by atoms with Crippen molar-refractivity contribution in [3.63, 3.8) is 0 Å². The first-order chi connectivity index (χ1) is 7.20. The topological polar surface area (TPSA) is 55.1 Å². The average molecular weight is 225 g/mol. The fourth-order valence-electron chi connectivity index (χ4n) is 1.09. The molecule has 0 fully saturated rings. The number of hydrogen-bond donors (Lipinski definition) is 0. The van der Waals surface area contributed by atoms with Crippen molar-refractivity contribution in [2.45, 2.75) is 13.8 Å².